The number of rotatable bonds is 12. The highest BCUT2D eigenvalue weighted by atomic mass is 31.2. The van der Waals surface area contributed by atoms with Crippen LogP contribution in [-0.2, 0) is 0 Å². The van der Waals surface area contributed by atoms with Gasteiger partial charge in [0, 0.05) is 6.07 Å². The third-order valence-corrected chi connectivity index (χ3v) is 17.2. The van der Waals surface area contributed by atoms with Gasteiger partial charge in [-0.05, 0) is 73.5 Å². The largest absolute Gasteiger partial charge is 0.112 e. The Morgan fingerprint density at radius 1 is 0.350 bits per heavy atom. The van der Waals surface area contributed by atoms with Crippen LogP contribution in [-0.4, -0.2) is 12.3 Å². The van der Waals surface area contributed by atoms with Crippen molar-refractivity contribution in [3.8, 4) is 0 Å². The summed E-state index contributed by atoms with van der Waals surface area (Å²) in [6.07, 6.45) is 7.21. The van der Waals surface area contributed by atoms with Gasteiger partial charge in [-0.2, -0.15) is 0 Å². The van der Waals surface area contributed by atoms with Crippen LogP contribution in [0.15, 0.2) is 146 Å². The molecule has 0 saturated heterocycles. The summed E-state index contributed by atoms with van der Waals surface area (Å²) >= 11 is 0. The summed E-state index contributed by atoms with van der Waals surface area (Å²) in [7, 11) is -3.71. The molecule has 40 heavy (non-hydrogen) atoms. The average molecular weight is 561 g/mol. The molecule has 0 aliphatic rings. The zero-order valence-corrected chi connectivity index (χ0v) is 25.8. The Labute approximate surface area is 243 Å². The van der Waals surface area contributed by atoms with Crippen molar-refractivity contribution in [3.63, 3.8) is 0 Å². The molecule has 5 aromatic rings. The van der Waals surface area contributed by atoms with E-state index in [4.69, 9.17) is 0 Å². The Morgan fingerprint density at radius 2 is 0.625 bits per heavy atom. The first-order valence-corrected chi connectivity index (χ1v) is 18.8. The number of benzene rings is 5. The molecule has 0 amide bonds. The van der Waals surface area contributed by atoms with Gasteiger partial charge in [0.05, 0.1) is 12.3 Å². The highest BCUT2D eigenvalue weighted by molar-refractivity contribution is 7.97. The molecule has 0 aliphatic heterocycles. The van der Waals surface area contributed by atoms with Gasteiger partial charge in [0.25, 0.3) is 0 Å². The lowest BCUT2D eigenvalue weighted by Crippen LogP contribution is -2.38. The fraction of sp³-hybridized carbons (Fsp3) is 0.211. The molecule has 0 nitrogen and oxygen atoms in total. The Balaban J connectivity index is 1.81. The lowest BCUT2D eigenvalue weighted by atomic mass is 10.3. The van der Waals surface area contributed by atoms with Gasteiger partial charge in [0.15, 0.2) is 0 Å². The van der Waals surface area contributed by atoms with Gasteiger partial charge in [-0.25, -0.2) is 0 Å². The van der Waals surface area contributed by atoms with Gasteiger partial charge in [0.1, 0.15) is 46.4 Å². The summed E-state index contributed by atoms with van der Waals surface area (Å²) in [6.45, 7) is 4.65. The molecule has 2 heteroatoms. The normalized spacial score (nSPS) is 11.8. The molecule has 202 valence electrons. The van der Waals surface area contributed by atoms with Crippen molar-refractivity contribution in [2.45, 2.75) is 39.5 Å². The second-order valence-corrected chi connectivity index (χ2v) is 17.9. The van der Waals surface area contributed by atoms with E-state index in [1.165, 1.54) is 69.8 Å². The summed E-state index contributed by atoms with van der Waals surface area (Å²) in [5, 5.41) is 8.99. The highest BCUT2D eigenvalue weighted by Crippen LogP contribution is 2.59. The van der Waals surface area contributed by atoms with E-state index in [0.717, 1.165) is 0 Å². The van der Waals surface area contributed by atoms with E-state index in [9.17, 15) is 0 Å². The summed E-state index contributed by atoms with van der Waals surface area (Å²) < 4.78 is 0. The van der Waals surface area contributed by atoms with Crippen LogP contribution in [0.1, 0.15) is 39.5 Å². The van der Waals surface area contributed by atoms with Crippen molar-refractivity contribution < 1.29 is 0 Å². The van der Waals surface area contributed by atoms with E-state index in [0.29, 0.717) is 0 Å². The Kier molecular flexibility index (Phi) is 9.65. The van der Waals surface area contributed by atoms with E-state index in [1.54, 1.807) is 0 Å². The predicted molar refractivity (Wildman–Crippen MR) is 183 cm³/mol. The van der Waals surface area contributed by atoms with E-state index >= 15 is 0 Å². The van der Waals surface area contributed by atoms with Crippen LogP contribution in [0.3, 0.4) is 0 Å². The van der Waals surface area contributed by atoms with Crippen molar-refractivity contribution >= 4 is 46.4 Å². The van der Waals surface area contributed by atoms with E-state index in [2.05, 4.69) is 159 Å². The Morgan fingerprint density at radius 3 is 0.900 bits per heavy atom. The third-order valence-electron chi connectivity index (χ3n) is 8.19. The maximum atomic E-state index is 2.65. The molecule has 0 unspecified atom stereocenters. The third kappa shape index (κ3) is 5.59. The predicted octanol–water partition coefficient (Wildman–Crippen LogP) is 7.87. The van der Waals surface area contributed by atoms with E-state index in [-0.39, 0.29) is 0 Å². The van der Waals surface area contributed by atoms with E-state index < -0.39 is 14.5 Å². The lowest BCUT2D eigenvalue weighted by Gasteiger charge is -2.30. The molecule has 0 saturated carbocycles. The number of unbranched alkanes of at least 4 members (excludes halogenated alkanes) is 2. The van der Waals surface area contributed by atoms with Crippen molar-refractivity contribution in [1.82, 2.24) is 0 Å². The van der Waals surface area contributed by atoms with Crippen molar-refractivity contribution in [3.05, 3.63) is 146 Å². The highest BCUT2D eigenvalue weighted by Gasteiger charge is 2.49. The van der Waals surface area contributed by atoms with Gasteiger partial charge in [-0.15, -0.1) is 0 Å². The minimum atomic E-state index is -1.86. The molecule has 5 aromatic carbocycles. The first-order valence-electron chi connectivity index (χ1n) is 14.9. The number of hydrogen-bond donors (Lipinski definition) is 0. The maximum absolute atomic E-state index is 2.65. The molecule has 5 rings (SSSR count). The first-order chi connectivity index (χ1) is 19.8. The second-order valence-electron chi connectivity index (χ2n) is 10.6. The number of hydrogen-bond acceptors (Lipinski definition) is 0. The van der Waals surface area contributed by atoms with Gasteiger partial charge in [-0.3, -0.25) is 0 Å². The molecule has 0 fully saturated rings. The van der Waals surface area contributed by atoms with Gasteiger partial charge in [-0.1, -0.05) is 106 Å². The van der Waals surface area contributed by atoms with Crippen LogP contribution in [0, 0.1) is 0 Å². The van der Waals surface area contributed by atoms with Crippen LogP contribution in [0.2, 0.25) is 0 Å². The smallest absolute Gasteiger partial charge is 0.0652 e. The van der Waals surface area contributed by atoms with Crippen LogP contribution in [0.4, 0.5) is 0 Å². The topological polar surface area (TPSA) is 0 Å². The Hall–Kier alpha value is -3.04. The molecule has 0 N–H and O–H groups in total. The molecule has 0 radical (unpaired) electrons. The van der Waals surface area contributed by atoms with Gasteiger partial charge < -0.3 is 0 Å². The zero-order valence-electron chi connectivity index (χ0n) is 24.0. The molecule has 0 atom stereocenters. The summed E-state index contributed by atoms with van der Waals surface area (Å²) in [6, 6.07) is 55.5. The average Bonchev–Trinajstić information content (AvgIpc) is 3.04. The van der Waals surface area contributed by atoms with Gasteiger partial charge in [0.2, 0.25) is 0 Å². The summed E-state index contributed by atoms with van der Waals surface area (Å²) in [5.74, 6) is 0. The zero-order chi connectivity index (χ0) is 27.7. The van der Waals surface area contributed by atoms with Crippen LogP contribution >= 0.6 is 14.5 Å². The van der Waals surface area contributed by atoms with Crippen molar-refractivity contribution in [2.24, 2.45) is 0 Å². The molecular formula is C38H42P2+2. The van der Waals surface area contributed by atoms with Crippen LogP contribution < -0.4 is 31.8 Å². The second kappa shape index (κ2) is 13.5. The molecule has 0 aromatic heterocycles. The molecule has 0 bridgehead atoms. The van der Waals surface area contributed by atoms with Crippen LogP contribution in [0.25, 0.3) is 0 Å². The molecule has 0 aliphatic carbocycles. The minimum absolute atomic E-state index is 1.19. The lowest BCUT2D eigenvalue weighted by molar-refractivity contribution is 0.891. The van der Waals surface area contributed by atoms with Crippen molar-refractivity contribution in [1.29, 1.82) is 0 Å². The fourth-order valence-electron chi connectivity index (χ4n) is 6.16. The maximum Gasteiger partial charge on any atom is 0.112 e. The summed E-state index contributed by atoms with van der Waals surface area (Å²) in [5.41, 5.74) is 0. The molecular weight excluding hydrogens is 518 g/mol. The molecule has 0 spiro atoms. The van der Waals surface area contributed by atoms with Crippen molar-refractivity contribution in [2.75, 3.05) is 12.3 Å². The molecule has 0 heterocycles. The fourth-order valence-corrected chi connectivity index (χ4v) is 15.3. The quantitative estimate of drug-likeness (QED) is 0.136. The monoisotopic (exact) mass is 560 g/mol. The van der Waals surface area contributed by atoms with Gasteiger partial charge >= 0.3 is 0 Å². The Bertz CT molecular complexity index is 1260. The first kappa shape index (κ1) is 28.5. The SMILES string of the molecule is CCCC[P+](c1ccccc1)(c1ccccc1)c1cccc([P+](CCCC)(c2ccccc2)c2ccccc2)c1. The van der Waals surface area contributed by atoms with Crippen LogP contribution in [0.5, 0.6) is 0 Å². The standard InChI is InChI=1S/C38H42P2/c1-3-5-30-39(33-20-11-7-12-21-33,34-22-13-8-14-23-34)37-28-19-29-38(32-37)40(31-6-4-2,35-24-15-9-16-25-35)36-26-17-10-18-27-36/h7-29,32H,3-6,30-31H2,1-2H3/q+2. The summed E-state index contributed by atoms with van der Waals surface area (Å²) in [4.78, 5) is 0. The minimum Gasteiger partial charge on any atom is -0.0652 e. The van der Waals surface area contributed by atoms with E-state index in [1.807, 2.05) is 0 Å².